The second-order valence-corrected chi connectivity index (χ2v) is 5.82. The predicted octanol–water partition coefficient (Wildman–Crippen LogP) is 1.41. The second-order valence-electron chi connectivity index (χ2n) is 5.82. The first-order chi connectivity index (χ1) is 10.4. The molecule has 0 aliphatic carbocycles. The van der Waals surface area contributed by atoms with Crippen LogP contribution in [0.5, 0.6) is 11.5 Å². The van der Waals surface area contributed by atoms with Crippen molar-refractivity contribution in [3.05, 3.63) is 23.8 Å². The SMILES string of the molecule is COc1ccc(C(C)NC(=O)C2(C)CNC(=O)C2)cc1OC. The van der Waals surface area contributed by atoms with Gasteiger partial charge < -0.3 is 20.1 Å². The van der Waals surface area contributed by atoms with E-state index in [1.54, 1.807) is 27.2 Å². The van der Waals surface area contributed by atoms with Crippen LogP contribution in [0.1, 0.15) is 31.9 Å². The fourth-order valence-corrected chi connectivity index (χ4v) is 2.51. The molecular weight excluding hydrogens is 284 g/mol. The Kier molecular flexibility index (Phi) is 4.59. The van der Waals surface area contributed by atoms with Crippen LogP contribution in [0.3, 0.4) is 0 Å². The highest BCUT2D eigenvalue weighted by molar-refractivity contribution is 5.92. The Balaban J connectivity index is 2.10. The highest BCUT2D eigenvalue weighted by Crippen LogP contribution is 2.31. The molecule has 0 radical (unpaired) electrons. The third-order valence-corrected chi connectivity index (χ3v) is 4.03. The van der Waals surface area contributed by atoms with Gasteiger partial charge in [0.25, 0.3) is 0 Å². The molecule has 1 aliphatic rings. The van der Waals surface area contributed by atoms with Gasteiger partial charge >= 0.3 is 0 Å². The molecule has 0 aromatic heterocycles. The molecule has 6 heteroatoms. The fraction of sp³-hybridized carbons (Fsp3) is 0.500. The van der Waals surface area contributed by atoms with Crippen molar-refractivity contribution in [2.24, 2.45) is 5.41 Å². The maximum Gasteiger partial charge on any atom is 0.228 e. The van der Waals surface area contributed by atoms with Crippen LogP contribution in [-0.2, 0) is 9.59 Å². The third kappa shape index (κ3) is 3.16. The standard InChI is InChI=1S/C16H22N2O4/c1-10(11-5-6-12(21-3)13(7-11)22-4)18-15(20)16(2)8-14(19)17-9-16/h5-7,10H,8-9H2,1-4H3,(H,17,19)(H,18,20). The summed E-state index contributed by atoms with van der Waals surface area (Å²) in [5.41, 5.74) is 0.217. The zero-order valence-electron chi connectivity index (χ0n) is 13.4. The fourth-order valence-electron chi connectivity index (χ4n) is 2.51. The predicted molar refractivity (Wildman–Crippen MR) is 81.8 cm³/mol. The summed E-state index contributed by atoms with van der Waals surface area (Å²) in [7, 11) is 3.15. The number of hydrogen-bond donors (Lipinski definition) is 2. The molecule has 1 aromatic rings. The number of methoxy groups -OCH3 is 2. The van der Waals surface area contributed by atoms with Crippen LogP contribution in [0.2, 0.25) is 0 Å². The maximum absolute atomic E-state index is 12.4. The van der Waals surface area contributed by atoms with Crippen LogP contribution >= 0.6 is 0 Å². The Labute approximate surface area is 130 Å². The molecule has 1 saturated heterocycles. The Morgan fingerprint density at radius 3 is 2.55 bits per heavy atom. The Hall–Kier alpha value is -2.24. The van der Waals surface area contributed by atoms with Crippen LogP contribution in [-0.4, -0.2) is 32.6 Å². The van der Waals surface area contributed by atoms with Gasteiger partial charge in [-0.3, -0.25) is 9.59 Å². The summed E-state index contributed by atoms with van der Waals surface area (Å²) in [5, 5.41) is 5.66. The zero-order chi connectivity index (χ0) is 16.3. The number of ether oxygens (including phenoxy) is 2. The number of nitrogens with one attached hydrogen (secondary N) is 2. The Morgan fingerprint density at radius 1 is 1.32 bits per heavy atom. The van der Waals surface area contributed by atoms with E-state index >= 15 is 0 Å². The van der Waals surface area contributed by atoms with Gasteiger partial charge in [-0.1, -0.05) is 6.07 Å². The van der Waals surface area contributed by atoms with E-state index in [0.717, 1.165) is 5.56 Å². The minimum absolute atomic E-state index is 0.0866. The Morgan fingerprint density at radius 2 is 2.00 bits per heavy atom. The molecule has 2 rings (SSSR count). The molecule has 1 aliphatic heterocycles. The lowest BCUT2D eigenvalue weighted by Gasteiger charge is -2.24. The van der Waals surface area contributed by atoms with E-state index in [4.69, 9.17) is 9.47 Å². The van der Waals surface area contributed by atoms with E-state index in [9.17, 15) is 9.59 Å². The average Bonchev–Trinajstić information content (AvgIpc) is 2.87. The molecule has 2 N–H and O–H groups in total. The number of carbonyl (C=O) groups excluding carboxylic acids is 2. The second kappa shape index (κ2) is 6.25. The third-order valence-electron chi connectivity index (χ3n) is 4.03. The lowest BCUT2D eigenvalue weighted by Crippen LogP contribution is -2.41. The molecule has 0 bridgehead atoms. The molecule has 22 heavy (non-hydrogen) atoms. The summed E-state index contributed by atoms with van der Waals surface area (Å²) in [4.78, 5) is 23.8. The smallest absolute Gasteiger partial charge is 0.228 e. The zero-order valence-corrected chi connectivity index (χ0v) is 13.4. The van der Waals surface area contributed by atoms with E-state index in [1.165, 1.54) is 0 Å². The van der Waals surface area contributed by atoms with Gasteiger partial charge in [0.15, 0.2) is 11.5 Å². The molecule has 6 nitrogen and oxygen atoms in total. The normalized spacial score (nSPS) is 21.9. The first kappa shape index (κ1) is 16.1. The number of amides is 2. The number of carbonyl (C=O) groups is 2. The van der Waals surface area contributed by atoms with Crippen LogP contribution in [0, 0.1) is 5.41 Å². The van der Waals surface area contributed by atoms with Crippen molar-refractivity contribution in [2.45, 2.75) is 26.3 Å². The van der Waals surface area contributed by atoms with Gasteiger partial charge in [0.1, 0.15) is 0 Å². The van der Waals surface area contributed by atoms with Gasteiger partial charge in [-0.2, -0.15) is 0 Å². The highest BCUT2D eigenvalue weighted by Gasteiger charge is 2.41. The molecule has 1 heterocycles. The molecule has 1 fully saturated rings. The van der Waals surface area contributed by atoms with E-state index < -0.39 is 5.41 Å². The number of benzene rings is 1. The number of rotatable bonds is 5. The first-order valence-corrected chi connectivity index (χ1v) is 7.19. The van der Waals surface area contributed by atoms with Gasteiger partial charge in [-0.05, 0) is 31.5 Å². The molecular formula is C16H22N2O4. The van der Waals surface area contributed by atoms with Gasteiger partial charge in [0.05, 0.1) is 25.7 Å². The average molecular weight is 306 g/mol. The summed E-state index contributed by atoms with van der Waals surface area (Å²) in [6.45, 7) is 4.06. The summed E-state index contributed by atoms with van der Waals surface area (Å²) in [5.74, 6) is 1.04. The molecule has 0 spiro atoms. The highest BCUT2D eigenvalue weighted by atomic mass is 16.5. The van der Waals surface area contributed by atoms with E-state index in [1.807, 2.05) is 19.1 Å². The minimum atomic E-state index is -0.693. The van der Waals surface area contributed by atoms with Crippen molar-refractivity contribution in [1.82, 2.24) is 10.6 Å². The van der Waals surface area contributed by atoms with Crippen molar-refractivity contribution < 1.29 is 19.1 Å². The first-order valence-electron chi connectivity index (χ1n) is 7.19. The van der Waals surface area contributed by atoms with Crippen molar-refractivity contribution >= 4 is 11.8 Å². The van der Waals surface area contributed by atoms with Gasteiger partial charge in [0.2, 0.25) is 11.8 Å². The molecule has 2 unspecified atom stereocenters. The van der Waals surface area contributed by atoms with Crippen molar-refractivity contribution in [3.8, 4) is 11.5 Å². The monoisotopic (exact) mass is 306 g/mol. The van der Waals surface area contributed by atoms with Crippen molar-refractivity contribution in [3.63, 3.8) is 0 Å². The summed E-state index contributed by atoms with van der Waals surface area (Å²) in [6, 6.07) is 5.33. The van der Waals surface area contributed by atoms with Gasteiger partial charge in [-0.15, -0.1) is 0 Å². The van der Waals surface area contributed by atoms with Gasteiger partial charge in [0, 0.05) is 13.0 Å². The largest absolute Gasteiger partial charge is 0.493 e. The van der Waals surface area contributed by atoms with Crippen molar-refractivity contribution in [2.75, 3.05) is 20.8 Å². The maximum atomic E-state index is 12.4. The minimum Gasteiger partial charge on any atom is -0.493 e. The summed E-state index contributed by atoms with van der Waals surface area (Å²) < 4.78 is 10.5. The summed E-state index contributed by atoms with van der Waals surface area (Å²) >= 11 is 0. The van der Waals surface area contributed by atoms with Crippen LogP contribution in [0.4, 0.5) is 0 Å². The lowest BCUT2D eigenvalue weighted by atomic mass is 9.88. The van der Waals surface area contributed by atoms with E-state index in [-0.39, 0.29) is 24.3 Å². The van der Waals surface area contributed by atoms with E-state index in [2.05, 4.69) is 10.6 Å². The van der Waals surface area contributed by atoms with Crippen LogP contribution in [0.25, 0.3) is 0 Å². The van der Waals surface area contributed by atoms with E-state index in [0.29, 0.717) is 18.0 Å². The molecule has 2 atom stereocenters. The van der Waals surface area contributed by atoms with Crippen LogP contribution < -0.4 is 20.1 Å². The summed E-state index contributed by atoms with van der Waals surface area (Å²) in [6.07, 6.45) is 0.220. The number of hydrogen-bond acceptors (Lipinski definition) is 4. The molecule has 1 aromatic carbocycles. The van der Waals surface area contributed by atoms with Crippen LogP contribution in [0.15, 0.2) is 18.2 Å². The lowest BCUT2D eigenvalue weighted by molar-refractivity contribution is -0.131. The molecule has 2 amide bonds. The molecule has 0 saturated carbocycles. The Bertz CT molecular complexity index is 588. The van der Waals surface area contributed by atoms with Crippen molar-refractivity contribution in [1.29, 1.82) is 0 Å². The quantitative estimate of drug-likeness (QED) is 0.862. The van der Waals surface area contributed by atoms with Gasteiger partial charge in [-0.25, -0.2) is 0 Å². The molecule has 120 valence electrons. The topological polar surface area (TPSA) is 76.7 Å².